The van der Waals surface area contributed by atoms with Crippen LogP contribution in [0, 0.1) is 23.6 Å². The van der Waals surface area contributed by atoms with Gasteiger partial charge in [0.15, 0.2) is 0 Å². The maximum atomic E-state index is 13.7. The van der Waals surface area contributed by atoms with Gasteiger partial charge in [-0.25, -0.2) is 17.6 Å². The number of hydrogen-bond donors (Lipinski definition) is 2. The van der Waals surface area contributed by atoms with Crippen molar-refractivity contribution in [2.75, 3.05) is 26.7 Å². The third-order valence-corrected chi connectivity index (χ3v) is 9.60. The van der Waals surface area contributed by atoms with Gasteiger partial charge in [0.05, 0.1) is 13.2 Å². The van der Waals surface area contributed by atoms with Crippen molar-refractivity contribution in [3.63, 3.8) is 0 Å². The molecule has 1 fully saturated rings. The van der Waals surface area contributed by atoms with Crippen molar-refractivity contribution in [3.05, 3.63) is 59.4 Å². The Morgan fingerprint density at radius 3 is 2.55 bits per heavy atom. The third-order valence-electron chi connectivity index (χ3n) is 7.58. The summed E-state index contributed by atoms with van der Waals surface area (Å²) in [5.74, 6) is 5.28. The van der Waals surface area contributed by atoms with Crippen LogP contribution in [0.25, 0.3) is 0 Å². The number of aliphatic hydroxyl groups is 1. The normalized spacial score (nSPS) is 21.9. The van der Waals surface area contributed by atoms with E-state index in [1.54, 1.807) is 43.1 Å². The number of sulfonamides is 1. The second kappa shape index (κ2) is 13.0. The van der Waals surface area contributed by atoms with E-state index in [0.717, 1.165) is 25.7 Å². The summed E-state index contributed by atoms with van der Waals surface area (Å²) in [7, 11) is -2.30. The van der Waals surface area contributed by atoms with Gasteiger partial charge in [-0.05, 0) is 56.2 Å². The van der Waals surface area contributed by atoms with Crippen molar-refractivity contribution in [2.45, 2.75) is 69.0 Å². The summed E-state index contributed by atoms with van der Waals surface area (Å²) in [5.41, 5.74) is 0.982. The minimum absolute atomic E-state index is 0.0321. The molecule has 3 atom stereocenters. The number of aliphatic hydroxyl groups excluding tert-OH is 1. The minimum atomic E-state index is -4.01. The summed E-state index contributed by atoms with van der Waals surface area (Å²) >= 11 is 0. The molecule has 2 aromatic rings. The quantitative estimate of drug-likeness (QED) is 0.530. The van der Waals surface area contributed by atoms with E-state index in [0.29, 0.717) is 11.1 Å². The number of carbonyl (C=O) groups excluding carboxylic acids is 1. The molecule has 4 rings (SSSR count). The Hall–Kier alpha value is -3.13. The first-order valence-corrected chi connectivity index (χ1v) is 15.2. The van der Waals surface area contributed by atoms with E-state index < -0.39 is 28.0 Å². The van der Waals surface area contributed by atoms with Crippen LogP contribution in [0.3, 0.4) is 0 Å². The van der Waals surface area contributed by atoms with Gasteiger partial charge in [-0.2, -0.15) is 4.31 Å². The van der Waals surface area contributed by atoms with Gasteiger partial charge in [-0.15, -0.1) is 0 Å². The standard InChI is InChI=1S/C30H38FN3O5S/c1-21-18-34(22(2)20-35)40(37,38)29-15-14-24(13-12-23-8-7-9-25(31)16-23)17-27(29)39-28(21)19-33(3)30(36)32-26-10-5-4-6-11-26/h7-9,14-17,21-22,26,28,35H,4-6,10-11,18-20H2,1-3H3,(H,32,36)/t21-,22+,28+/m1/s1. The van der Waals surface area contributed by atoms with E-state index in [-0.39, 0.29) is 48.3 Å². The Morgan fingerprint density at radius 2 is 1.88 bits per heavy atom. The summed E-state index contributed by atoms with van der Waals surface area (Å²) < 4.78 is 48.6. The number of fused-ring (bicyclic) bond motifs is 1. The third kappa shape index (κ3) is 7.14. The molecule has 0 unspecified atom stereocenters. The first kappa shape index (κ1) is 29.8. The molecular formula is C30H38FN3O5S. The van der Waals surface area contributed by atoms with Crippen LogP contribution >= 0.6 is 0 Å². The Morgan fingerprint density at radius 1 is 1.18 bits per heavy atom. The van der Waals surface area contributed by atoms with Crippen LogP contribution in [0.5, 0.6) is 5.75 Å². The first-order valence-electron chi connectivity index (χ1n) is 13.8. The number of hydrogen-bond acceptors (Lipinski definition) is 5. The molecule has 1 aliphatic carbocycles. The number of nitrogens with zero attached hydrogens (tertiary/aromatic N) is 2. The van der Waals surface area contributed by atoms with Crippen LogP contribution in [0.2, 0.25) is 0 Å². The fraction of sp³-hybridized carbons (Fsp3) is 0.500. The SMILES string of the molecule is C[C@@H]1CN([C@@H](C)CO)S(=O)(=O)c2ccc(C#Cc3cccc(F)c3)cc2O[C@H]1CN(C)C(=O)NC1CCCCC1. The molecule has 0 bridgehead atoms. The van der Waals surface area contributed by atoms with Gasteiger partial charge < -0.3 is 20.1 Å². The maximum absolute atomic E-state index is 13.7. The molecule has 216 valence electrons. The predicted molar refractivity (Wildman–Crippen MR) is 151 cm³/mol. The van der Waals surface area contributed by atoms with Crippen LogP contribution in [-0.2, 0) is 10.0 Å². The maximum Gasteiger partial charge on any atom is 0.317 e. The number of halogens is 1. The van der Waals surface area contributed by atoms with Gasteiger partial charge in [0.2, 0.25) is 10.0 Å². The van der Waals surface area contributed by atoms with Crippen molar-refractivity contribution >= 4 is 16.1 Å². The lowest BCUT2D eigenvalue weighted by Crippen LogP contribution is -2.52. The zero-order valence-corrected chi connectivity index (χ0v) is 24.1. The monoisotopic (exact) mass is 571 g/mol. The molecule has 0 spiro atoms. The highest BCUT2D eigenvalue weighted by Crippen LogP contribution is 2.34. The van der Waals surface area contributed by atoms with Gasteiger partial charge in [0.1, 0.15) is 22.6 Å². The summed E-state index contributed by atoms with van der Waals surface area (Å²) in [6.45, 7) is 3.55. The predicted octanol–water partition coefficient (Wildman–Crippen LogP) is 3.97. The lowest BCUT2D eigenvalue weighted by Gasteiger charge is -2.37. The highest BCUT2D eigenvalue weighted by atomic mass is 32.2. The van der Waals surface area contributed by atoms with Crippen LogP contribution < -0.4 is 10.1 Å². The summed E-state index contributed by atoms with van der Waals surface area (Å²) in [4.78, 5) is 14.5. The van der Waals surface area contributed by atoms with Gasteiger partial charge in [-0.1, -0.05) is 44.1 Å². The fourth-order valence-corrected chi connectivity index (χ4v) is 6.94. The number of rotatable bonds is 5. The molecule has 2 aliphatic rings. The smallest absolute Gasteiger partial charge is 0.317 e. The molecule has 0 saturated heterocycles. The van der Waals surface area contributed by atoms with E-state index in [4.69, 9.17) is 4.74 Å². The van der Waals surface area contributed by atoms with E-state index in [9.17, 15) is 22.7 Å². The molecule has 2 aromatic carbocycles. The number of urea groups is 1. The van der Waals surface area contributed by atoms with Crippen molar-refractivity contribution < 1.29 is 27.4 Å². The number of amides is 2. The molecule has 2 amide bonds. The van der Waals surface area contributed by atoms with E-state index >= 15 is 0 Å². The van der Waals surface area contributed by atoms with Crippen LogP contribution in [-0.4, -0.2) is 73.7 Å². The van der Waals surface area contributed by atoms with E-state index in [1.807, 2.05) is 6.92 Å². The zero-order chi connectivity index (χ0) is 28.9. The number of likely N-dealkylation sites (N-methyl/N-ethyl adjacent to an activating group) is 1. The topological polar surface area (TPSA) is 99.2 Å². The van der Waals surface area contributed by atoms with Gasteiger partial charge in [-0.3, -0.25) is 0 Å². The zero-order valence-electron chi connectivity index (χ0n) is 23.3. The van der Waals surface area contributed by atoms with Crippen molar-refractivity contribution in [1.29, 1.82) is 0 Å². The Bertz CT molecular complexity index is 1370. The van der Waals surface area contributed by atoms with Crippen molar-refractivity contribution in [2.24, 2.45) is 5.92 Å². The number of carbonyl (C=O) groups is 1. The first-order chi connectivity index (χ1) is 19.1. The highest BCUT2D eigenvalue weighted by molar-refractivity contribution is 7.89. The molecule has 40 heavy (non-hydrogen) atoms. The fourth-order valence-electron chi connectivity index (χ4n) is 5.12. The molecule has 1 saturated carbocycles. The van der Waals surface area contributed by atoms with Crippen LogP contribution in [0.4, 0.5) is 9.18 Å². The molecular weight excluding hydrogens is 533 g/mol. The van der Waals surface area contributed by atoms with Gasteiger partial charge in [0, 0.05) is 42.7 Å². The second-order valence-corrected chi connectivity index (χ2v) is 12.7. The van der Waals surface area contributed by atoms with Crippen LogP contribution in [0.1, 0.15) is 57.1 Å². The van der Waals surface area contributed by atoms with E-state index in [2.05, 4.69) is 17.2 Å². The van der Waals surface area contributed by atoms with Gasteiger partial charge in [0.25, 0.3) is 0 Å². The van der Waals surface area contributed by atoms with Crippen molar-refractivity contribution in [3.8, 4) is 17.6 Å². The molecule has 1 aliphatic heterocycles. The molecule has 1 heterocycles. The molecule has 0 radical (unpaired) electrons. The Balaban J connectivity index is 1.65. The summed E-state index contributed by atoms with van der Waals surface area (Å²) in [6.07, 6.45) is 4.80. The average Bonchev–Trinajstić information content (AvgIpc) is 2.93. The van der Waals surface area contributed by atoms with Gasteiger partial charge >= 0.3 is 6.03 Å². The van der Waals surface area contributed by atoms with Crippen LogP contribution in [0.15, 0.2) is 47.4 Å². The van der Waals surface area contributed by atoms with Crippen molar-refractivity contribution in [1.82, 2.24) is 14.5 Å². The lowest BCUT2D eigenvalue weighted by molar-refractivity contribution is 0.0806. The number of ether oxygens (including phenoxy) is 1. The average molecular weight is 572 g/mol. The highest BCUT2D eigenvalue weighted by Gasteiger charge is 2.38. The van der Waals surface area contributed by atoms with E-state index in [1.165, 1.54) is 28.9 Å². The molecule has 8 nitrogen and oxygen atoms in total. The lowest BCUT2D eigenvalue weighted by atomic mass is 9.96. The molecule has 10 heteroatoms. The summed E-state index contributed by atoms with van der Waals surface area (Å²) in [5, 5.41) is 13.0. The Labute approximate surface area is 236 Å². The summed E-state index contributed by atoms with van der Waals surface area (Å²) in [6, 6.07) is 9.82. The Kier molecular flexibility index (Phi) is 9.72. The largest absolute Gasteiger partial charge is 0.487 e. The minimum Gasteiger partial charge on any atom is -0.487 e. The molecule has 0 aromatic heterocycles. The molecule has 2 N–H and O–H groups in total. The second-order valence-electron chi connectivity index (χ2n) is 10.8. The number of nitrogens with one attached hydrogen (secondary N) is 1. The number of benzene rings is 2.